The van der Waals surface area contributed by atoms with Crippen molar-refractivity contribution in [3.8, 4) is 0 Å². The highest BCUT2D eigenvalue weighted by Gasteiger charge is 2.27. The minimum absolute atomic E-state index is 0.121. The summed E-state index contributed by atoms with van der Waals surface area (Å²) in [6, 6.07) is 0.121. The maximum absolute atomic E-state index is 12.6. The zero-order valence-corrected chi connectivity index (χ0v) is 13.9. The van der Waals surface area contributed by atoms with Crippen LogP contribution in [0.4, 0.5) is 0 Å². The topological polar surface area (TPSA) is 58.2 Å². The lowest BCUT2D eigenvalue weighted by Gasteiger charge is -2.14. The lowest BCUT2D eigenvalue weighted by molar-refractivity contribution is 0.550. The average molecular weight is 316 g/mol. The van der Waals surface area contributed by atoms with Gasteiger partial charge in [0.1, 0.15) is 4.90 Å². The van der Waals surface area contributed by atoms with Gasteiger partial charge in [-0.2, -0.15) is 0 Å². The SMILES string of the molecule is CCCNCc1scc(C)c1S(=O)(=O)NC1CCCC1. The number of hydrogen-bond donors (Lipinski definition) is 2. The number of thiophene rings is 1. The highest BCUT2D eigenvalue weighted by atomic mass is 32.2. The van der Waals surface area contributed by atoms with Crippen molar-refractivity contribution in [1.82, 2.24) is 10.0 Å². The molecule has 0 saturated heterocycles. The molecule has 1 saturated carbocycles. The van der Waals surface area contributed by atoms with Gasteiger partial charge in [-0.1, -0.05) is 19.8 Å². The van der Waals surface area contributed by atoms with Crippen molar-refractivity contribution in [2.45, 2.75) is 63.4 Å². The summed E-state index contributed by atoms with van der Waals surface area (Å²) in [6.45, 7) is 5.52. The molecule has 0 radical (unpaired) electrons. The molecule has 6 heteroatoms. The molecular weight excluding hydrogens is 292 g/mol. The molecule has 114 valence electrons. The van der Waals surface area contributed by atoms with E-state index in [2.05, 4.69) is 17.0 Å². The second-order valence-electron chi connectivity index (χ2n) is 5.45. The van der Waals surface area contributed by atoms with E-state index in [0.29, 0.717) is 11.4 Å². The minimum Gasteiger partial charge on any atom is -0.312 e. The average Bonchev–Trinajstić information content (AvgIpc) is 2.99. The van der Waals surface area contributed by atoms with E-state index >= 15 is 0 Å². The van der Waals surface area contributed by atoms with Gasteiger partial charge in [-0.25, -0.2) is 13.1 Å². The predicted octanol–water partition coefficient (Wildman–Crippen LogP) is 2.78. The first-order valence-corrected chi connectivity index (χ1v) is 9.71. The van der Waals surface area contributed by atoms with Gasteiger partial charge in [0.2, 0.25) is 10.0 Å². The van der Waals surface area contributed by atoms with Gasteiger partial charge < -0.3 is 5.32 Å². The summed E-state index contributed by atoms with van der Waals surface area (Å²) in [4.78, 5) is 1.42. The van der Waals surface area contributed by atoms with Crippen LogP contribution in [0, 0.1) is 6.92 Å². The lowest BCUT2D eigenvalue weighted by Crippen LogP contribution is -2.33. The van der Waals surface area contributed by atoms with Gasteiger partial charge in [-0.05, 0) is 43.7 Å². The van der Waals surface area contributed by atoms with Crippen molar-refractivity contribution in [3.63, 3.8) is 0 Å². The predicted molar refractivity (Wildman–Crippen MR) is 83.6 cm³/mol. The molecule has 1 aliphatic rings. The van der Waals surface area contributed by atoms with E-state index < -0.39 is 10.0 Å². The number of aryl methyl sites for hydroxylation is 1. The Morgan fingerprint density at radius 1 is 1.35 bits per heavy atom. The van der Waals surface area contributed by atoms with E-state index in [1.165, 1.54) is 11.3 Å². The highest BCUT2D eigenvalue weighted by molar-refractivity contribution is 7.89. The van der Waals surface area contributed by atoms with E-state index in [-0.39, 0.29) is 6.04 Å². The molecule has 1 aliphatic carbocycles. The Balaban J connectivity index is 2.14. The Morgan fingerprint density at radius 3 is 2.70 bits per heavy atom. The van der Waals surface area contributed by atoms with Crippen LogP contribution in [0.2, 0.25) is 0 Å². The first-order chi connectivity index (χ1) is 9.54. The number of nitrogens with one attached hydrogen (secondary N) is 2. The van der Waals surface area contributed by atoms with Gasteiger partial charge in [0.05, 0.1) is 0 Å². The summed E-state index contributed by atoms with van der Waals surface area (Å²) >= 11 is 1.53. The van der Waals surface area contributed by atoms with Gasteiger partial charge in [-0.3, -0.25) is 0 Å². The van der Waals surface area contributed by atoms with E-state index in [9.17, 15) is 8.42 Å². The van der Waals surface area contributed by atoms with Crippen molar-refractivity contribution in [2.75, 3.05) is 6.54 Å². The molecule has 0 aliphatic heterocycles. The minimum atomic E-state index is -3.38. The van der Waals surface area contributed by atoms with Crippen LogP contribution in [0.15, 0.2) is 10.3 Å². The Hall–Kier alpha value is -0.430. The van der Waals surface area contributed by atoms with E-state index in [0.717, 1.165) is 49.1 Å². The number of sulfonamides is 1. The molecule has 0 bridgehead atoms. The molecule has 1 aromatic rings. The van der Waals surface area contributed by atoms with E-state index in [1.807, 2.05) is 12.3 Å². The zero-order valence-electron chi connectivity index (χ0n) is 12.2. The van der Waals surface area contributed by atoms with Crippen molar-refractivity contribution < 1.29 is 8.42 Å². The van der Waals surface area contributed by atoms with Crippen LogP contribution in [0.3, 0.4) is 0 Å². The summed E-state index contributed by atoms with van der Waals surface area (Å²) in [6.07, 6.45) is 5.23. The Morgan fingerprint density at radius 2 is 2.05 bits per heavy atom. The summed E-state index contributed by atoms with van der Waals surface area (Å²) in [5.74, 6) is 0. The van der Waals surface area contributed by atoms with E-state index in [4.69, 9.17) is 0 Å². The van der Waals surface area contributed by atoms with Gasteiger partial charge in [0, 0.05) is 17.5 Å². The van der Waals surface area contributed by atoms with Crippen LogP contribution in [-0.4, -0.2) is 21.0 Å². The first-order valence-electron chi connectivity index (χ1n) is 7.34. The molecule has 4 nitrogen and oxygen atoms in total. The second-order valence-corrected chi connectivity index (χ2v) is 8.07. The van der Waals surface area contributed by atoms with Crippen LogP contribution in [0.1, 0.15) is 49.5 Å². The maximum atomic E-state index is 12.6. The van der Waals surface area contributed by atoms with Crippen molar-refractivity contribution in [1.29, 1.82) is 0 Å². The van der Waals surface area contributed by atoms with Gasteiger partial charge in [0.15, 0.2) is 0 Å². The molecule has 0 unspecified atom stereocenters. The van der Waals surface area contributed by atoms with E-state index in [1.54, 1.807) is 0 Å². The van der Waals surface area contributed by atoms with Crippen molar-refractivity contribution >= 4 is 21.4 Å². The van der Waals surface area contributed by atoms with Crippen LogP contribution in [0.25, 0.3) is 0 Å². The largest absolute Gasteiger partial charge is 0.312 e. The van der Waals surface area contributed by atoms with Gasteiger partial charge in [0.25, 0.3) is 0 Å². The third-order valence-corrected chi connectivity index (χ3v) is 6.63. The third-order valence-electron chi connectivity index (χ3n) is 3.65. The van der Waals surface area contributed by atoms with Crippen LogP contribution in [0.5, 0.6) is 0 Å². The van der Waals surface area contributed by atoms with Gasteiger partial charge >= 0.3 is 0 Å². The van der Waals surface area contributed by atoms with Crippen molar-refractivity contribution in [3.05, 3.63) is 15.8 Å². The monoisotopic (exact) mass is 316 g/mol. The van der Waals surface area contributed by atoms with Crippen LogP contribution >= 0.6 is 11.3 Å². The molecule has 0 atom stereocenters. The molecule has 2 rings (SSSR count). The fourth-order valence-corrected chi connectivity index (χ4v) is 5.76. The maximum Gasteiger partial charge on any atom is 0.242 e. The Bertz CT molecular complexity index is 531. The Kier molecular flexibility index (Phi) is 5.60. The fourth-order valence-electron chi connectivity index (χ4n) is 2.67. The standard InChI is InChI=1S/C14H24N2O2S2/c1-3-8-15-9-13-14(11(2)10-19-13)20(17,18)16-12-6-4-5-7-12/h10,12,15-16H,3-9H2,1-2H3. The smallest absolute Gasteiger partial charge is 0.242 e. The Labute approximate surface area is 126 Å². The zero-order chi connectivity index (χ0) is 14.6. The third kappa shape index (κ3) is 3.81. The number of rotatable bonds is 7. The molecule has 2 N–H and O–H groups in total. The summed E-state index contributed by atoms with van der Waals surface area (Å²) in [7, 11) is -3.38. The lowest BCUT2D eigenvalue weighted by atomic mass is 10.3. The van der Waals surface area contributed by atoms with Crippen molar-refractivity contribution in [2.24, 2.45) is 0 Å². The quantitative estimate of drug-likeness (QED) is 0.761. The molecule has 1 heterocycles. The molecule has 1 fully saturated rings. The fraction of sp³-hybridized carbons (Fsp3) is 0.714. The highest BCUT2D eigenvalue weighted by Crippen LogP contribution is 2.28. The summed E-state index contributed by atoms with van der Waals surface area (Å²) in [5, 5.41) is 5.23. The normalized spacial score (nSPS) is 16.9. The molecule has 0 spiro atoms. The molecular formula is C14H24N2O2S2. The summed E-state index contributed by atoms with van der Waals surface area (Å²) in [5.41, 5.74) is 0.855. The molecule has 1 aromatic heterocycles. The van der Waals surface area contributed by atoms with Crippen LogP contribution < -0.4 is 10.0 Å². The van der Waals surface area contributed by atoms with Crippen LogP contribution in [-0.2, 0) is 16.6 Å². The molecule has 20 heavy (non-hydrogen) atoms. The van der Waals surface area contributed by atoms with Gasteiger partial charge in [-0.15, -0.1) is 11.3 Å². The first kappa shape index (κ1) is 15.9. The number of hydrogen-bond acceptors (Lipinski definition) is 4. The summed E-state index contributed by atoms with van der Waals surface area (Å²) < 4.78 is 28.1. The second kappa shape index (κ2) is 7.02. The molecule has 0 aromatic carbocycles. The molecule has 0 amide bonds.